The Balaban J connectivity index is 3.29. The molecule has 0 radical (unpaired) electrons. The number of nitrogens with zero attached hydrogens (tertiary/aromatic N) is 1. The predicted octanol–water partition coefficient (Wildman–Crippen LogP) is 2.14. The molecule has 0 saturated carbocycles. The quantitative estimate of drug-likeness (QED) is 0.560. The van der Waals surface area contributed by atoms with Crippen LogP contribution in [0.5, 0.6) is 0 Å². The number of hydrogen-bond donors (Lipinski definition) is 0. The highest BCUT2D eigenvalue weighted by Gasteiger charge is 2.00. The van der Waals surface area contributed by atoms with E-state index in [4.69, 9.17) is 4.74 Å². The summed E-state index contributed by atoms with van der Waals surface area (Å²) in [7, 11) is 1.80. The van der Waals surface area contributed by atoms with Crippen molar-refractivity contribution in [1.82, 2.24) is 0 Å². The summed E-state index contributed by atoms with van der Waals surface area (Å²) >= 11 is 0. The highest BCUT2D eigenvalue weighted by molar-refractivity contribution is 5.57. The molecule has 1 unspecified atom stereocenters. The van der Waals surface area contributed by atoms with E-state index in [-0.39, 0.29) is 0 Å². The molecule has 0 aliphatic heterocycles. The number of ether oxygens (including phenoxy) is 1. The van der Waals surface area contributed by atoms with Gasteiger partial charge in [0.05, 0.1) is 6.10 Å². The zero-order valence-electron chi connectivity index (χ0n) is 8.00. The van der Waals surface area contributed by atoms with E-state index in [1.165, 1.54) is 0 Å². The number of aliphatic imine (C=N–C) groups is 1. The molecule has 0 N–H and O–H groups in total. The third-order valence-electron chi connectivity index (χ3n) is 1.40. The molecular weight excluding hydrogens is 138 g/mol. The van der Waals surface area contributed by atoms with Gasteiger partial charge in [0.25, 0.3) is 0 Å². The van der Waals surface area contributed by atoms with Gasteiger partial charge in [-0.2, -0.15) is 0 Å². The summed E-state index contributed by atoms with van der Waals surface area (Å²) in [6.07, 6.45) is 3.30. The van der Waals surface area contributed by atoms with Crippen LogP contribution in [0.2, 0.25) is 0 Å². The van der Waals surface area contributed by atoms with Crippen molar-refractivity contribution in [2.45, 2.75) is 33.3 Å². The van der Waals surface area contributed by atoms with Crippen LogP contribution < -0.4 is 0 Å². The van der Waals surface area contributed by atoms with Crippen LogP contribution in [-0.4, -0.2) is 26.0 Å². The third-order valence-corrected chi connectivity index (χ3v) is 1.40. The van der Waals surface area contributed by atoms with E-state index in [1.54, 1.807) is 7.05 Å². The highest BCUT2D eigenvalue weighted by Crippen LogP contribution is 2.01. The van der Waals surface area contributed by atoms with E-state index in [9.17, 15) is 0 Å². The molecule has 1 atom stereocenters. The Morgan fingerprint density at radius 1 is 1.36 bits per heavy atom. The molecule has 0 rings (SSSR count). The normalized spacial score (nSPS) is 14.6. The second-order valence-electron chi connectivity index (χ2n) is 3.16. The molecule has 0 amide bonds. The Kier molecular flexibility index (Phi) is 6.13. The van der Waals surface area contributed by atoms with Crippen molar-refractivity contribution in [2.75, 3.05) is 13.7 Å². The lowest BCUT2D eigenvalue weighted by Gasteiger charge is -2.11. The molecule has 0 fully saturated rings. The maximum absolute atomic E-state index is 5.44. The number of rotatable bonds is 5. The molecule has 0 aromatic heterocycles. The molecule has 0 aromatic rings. The van der Waals surface area contributed by atoms with Crippen LogP contribution in [0.3, 0.4) is 0 Å². The first-order valence-corrected chi connectivity index (χ1v) is 4.19. The van der Waals surface area contributed by atoms with Crippen LogP contribution in [0.15, 0.2) is 4.99 Å². The molecule has 66 valence electrons. The van der Waals surface area contributed by atoms with Gasteiger partial charge in [-0.05, 0) is 32.4 Å². The zero-order chi connectivity index (χ0) is 8.69. The van der Waals surface area contributed by atoms with Gasteiger partial charge in [0.15, 0.2) is 0 Å². The van der Waals surface area contributed by atoms with Gasteiger partial charge in [-0.1, -0.05) is 6.92 Å². The first kappa shape index (κ1) is 10.6. The number of hydrogen-bond acceptors (Lipinski definition) is 2. The van der Waals surface area contributed by atoms with E-state index in [2.05, 4.69) is 25.8 Å². The Bertz CT molecular complexity index is 110. The Morgan fingerprint density at radius 2 is 2.00 bits per heavy atom. The molecule has 0 aliphatic carbocycles. The highest BCUT2D eigenvalue weighted by atomic mass is 16.5. The van der Waals surface area contributed by atoms with Gasteiger partial charge in [0.2, 0.25) is 0 Å². The van der Waals surface area contributed by atoms with Crippen LogP contribution in [0.4, 0.5) is 0 Å². The molecule has 0 saturated heterocycles. The Labute approximate surface area is 69.7 Å². The molecular formula is C9H19NO. The summed E-state index contributed by atoms with van der Waals surface area (Å²) in [5.41, 5.74) is 0. The van der Waals surface area contributed by atoms with Crippen molar-refractivity contribution >= 4 is 6.21 Å². The Morgan fingerprint density at radius 3 is 2.45 bits per heavy atom. The minimum atomic E-state index is 0.344. The molecule has 0 bridgehead atoms. The van der Waals surface area contributed by atoms with Crippen molar-refractivity contribution in [2.24, 2.45) is 10.9 Å². The molecule has 2 nitrogen and oxygen atoms in total. The largest absolute Gasteiger partial charge is 0.379 e. The average molecular weight is 157 g/mol. The summed E-state index contributed by atoms with van der Waals surface area (Å²) in [4.78, 5) is 3.92. The van der Waals surface area contributed by atoms with Gasteiger partial charge in [-0.25, -0.2) is 0 Å². The van der Waals surface area contributed by atoms with Gasteiger partial charge < -0.3 is 9.73 Å². The van der Waals surface area contributed by atoms with Gasteiger partial charge in [0.1, 0.15) is 0 Å². The maximum atomic E-state index is 5.44. The van der Waals surface area contributed by atoms with Crippen LogP contribution in [0.25, 0.3) is 0 Å². The molecule has 0 aromatic carbocycles. The standard InChI is InChI=1S/C9H19NO/c1-8(2)11-7-9(3)5-6-10-4/h6,8-9H,5,7H2,1-4H3/b10-6+. The average Bonchev–Trinajstić information content (AvgIpc) is 1.97. The fourth-order valence-electron chi connectivity index (χ4n) is 0.710. The van der Waals surface area contributed by atoms with Crippen LogP contribution in [0, 0.1) is 5.92 Å². The summed E-state index contributed by atoms with van der Waals surface area (Å²) in [5.74, 6) is 0.584. The van der Waals surface area contributed by atoms with Crippen LogP contribution in [0.1, 0.15) is 27.2 Å². The first-order valence-electron chi connectivity index (χ1n) is 4.19. The van der Waals surface area contributed by atoms with E-state index >= 15 is 0 Å². The van der Waals surface area contributed by atoms with Crippen molar-refractivity contribution in [1.29, 1.82) is 0 Å². The molecule has 11 heavy (non-hydrogen) atoms. The molecule has 0 aliphatic rings. The van der Waals surface area contributed by atoms with Crippen molar-refractivity contribution in [3.05, 3.63) is 0 Å². The predicted molar refractivity (Wildman–Crippen MR) is 49.3 cm³/mol. The fraction of sp³-hybridized carbons (Fsp3) is 0.889. The van der Waals surface area contributed by atoms with E-state index in [0.717, 1.165) is 13.0 Å². The zero-order valence-corrected chi connectivity index (χ0v) is 8.00. The van der Waals surface area contributed by atoms with Gasteiger partial charge in [-0.3, -0.25) is 0 Å². The summed E-state index contributed by atoms with van der Waals surface area (Å²) in [6, 6.07) is 0. The summed E-state index contributed by atoms with van der Waals surface area (Å²) < 4.78 is 5.44. The molecule has 0 heterocycles. The lowest BCUT2D eigenvalue weighted by atomic mass is 10.1. The monoisotopic (exact) mass is 157 g/mol. The van der Waals surface area contributed by atoms with Gasteiger partial charge >= 0.3 is 0 Å². The second-order valence-corrected chi connectivity index (χ2v) is 3.16. The van der Waals surface area contributed by atoms with Crippen molar-refractivity contribution in [3.63, 3.8) is 0 Å². The third kappa shape index (κ3) is 7.53. The molecule has 0 spiro atoms. The summed E-state index contributed by atoms with van der Waals surface area (Å²) in [5, 5.41) is 0. The van der Waals surface area contributed by atoms with Crippen molar-refractivity contribution in [3.8, 4) is 0 Å². The fourth-order valence-corrected chi connectivity index (χ4v) is 0.710. The first-order chi connectivity index (χ1) is 5.16. The smallest absolute Gasteiger partial charge is 0.0519 e. The second kappa shape index (κ2) is 6.35. The molecule has 2 heteroatoms. The van der Waals surface area contributed by atoms with E-state index < -0.39 is 0 Å². The topological polar surface area (TPSA) is 21.6 Å². The SMILES string of the molecule is C/N=C/CC(C)COC(C)C. The minimum Gasteiger partial charge on any atom is -0.379 e. The van der Waals surface area contributed by atoms with E-state index in [1.807, 2.05) is 6.21 Å². The van der Waals surface area contributed by atoms with Gasteiger partial charge in [0, 0.05) is 13.7 Å². The lowest BCUT2D eigenvalue weighted by Crippen LogP contribution is -2.11. The summed E-state index contributed by atoms with van der Waals surface area (Å²) in [6.45, 7) is 7.12. The van der Waals surface area contributed by atoms with Gasteiger partial charge in [-0.15, -0.1) is 0 Å². The lowest BCUT2D eigenvalue weighted by molar-refractivity contribution is 0.0570. The maximum Gasteiger partial charge on any atom is 0.0519 e. The van der Waals surface area contributed by atoms with Crippen LogP contribution >= 0.6 is 0 Å². The van der Waals surface area contributed by atoms with E-state index in [0.29, 0.717) is 12.0 Å². The van der Waals surface area contributed by atoms with Crippen LogP contribution in [-0.2, 0) is 4.74 Å². The minimum absolute atomic E-state index is 0.344. The van der Waals surface area contributed by atoms with Crippen molar-refractivity contribution < 1.29 is 4.74 Å². The Hall–Kier alpha value is -0.370.